The van der Waals surface area contributed by atoms with Crippen molar-refractivity contribution in [2.45, 2.75) is 0 Å². The van der Waals surface area contributed by atoms with Crippen molar-refractivity contribution in [3.05, 3.63) is 60.7 Å². The number of rotatable bonds is 9. The molecule has 2 aromatic carbocycles. The van der Waals surface area contributed by atoms with Crippen LogP contribution in [0.15, 0.2) is 55.1 Å². The fourth-order valence-corrected chi connectivity index (χ4v) is 2.14. The number of nitriles is 1. The number of nitrogens with one attached hydrogen (secondary N) is 2. The zero-order chi connectivity index (χ0) is 19.5. The number of hydrogen-bond acceptors (Lipinski definition) is 6. The van der Waals surface area contributed by atoms with E-state index >= 15 is 0 Å². The van der Waals surface area contributed by atoms with Crippen LogP contribution in [-0.2, 0) is 4.74 Å². The van der Waals surface area contributed by atoms with Gasteiger partial charge in [0, 0.05) is 24.5 Å². The maximum Gasteiger partial charge on any atom is 0.406 e. The first-order valence-corrected chi connectivity index (χ1v) is 8.28. The molecule has 0 saturated carbocycles. The summed E-state index contributed by atoms with van der Waals surface area (Å²) in [7, 11) is 1.48. The fraction of sp³-hybridized carbons (Fsp3) is 0.200. The monoisotopic (exact) mass is 367 g/mol. The highest BCUT2D eigenvalue weighted by atomic mass is 16.6. The van der Waals surface area contributed by atoms with Crippen LogP contribution in [0.3, 0.4) is 0 Å². The molecule has 2 rings (SSSR count). The lowest BCUT2D eigenvalue weighted by Crippen LogP contribution is -2.21. The minimum Gasteiger partial charge on any atom is -0.490 e. The van der Waals surface area contributed by atoms with Gasteiger partial charge in [0.15, 0.2) is 0 Å². The lowest BCUT2D eigenvalue weighted by Gasteiger charge is -2.12. The van der Waals surface area contributed by atoms with Crippen LogP contribution >= 0.6 is 0 Å². The first-order chi connectivity index (χ1) is 13.1. The Bertz CT molecular complexity index is 813. The van der Waals surface area contributed by atoms with E-state index in [2.05, 4.69) is 23.3 Å². The Hall–Kier alpha value is -3.66. The Morgan fingerprint density at radius 1 is 1.11 bits per heavy atom. The lowest BCUT2D eigenvalue weighted by molar-refractivity contribution is 0.127. The average Bonchev–Trinajstić information content (AvgIpc) is 2.70. The van der Waals surface area contributed by atoms with Crippen molar-refractivity contribution in [1.29, 1.82) is 5.26 Å². The Labute approximate surface area is 158 Å². The summed E-state index contributed by atoms with van der Waals surface area (Å²) in [6.45, 7) is 4.34. The molecule has 0 bridgehead atoms. The van der Waals surface area contributed by atoms with Crippen molar-refractivity contribution >= 4 is 17.5 Å². The second-order valence-electron chi connectivity index (χ2n) is 5.34. The molecule has 0 heterocycles. The highest BCUT2D eigenvalue weighted by Crippen LogP contribution is 2.25. The summed E-state index contributed by atoms with van der Waals surface area (Å²) in [5.41, 5.74) is 1.99. The van der Waals surface area contributed by atoms with Crippen LogP contribution in [0, 0.1) is 11.3 Å². The minimum absolute atomic E-state index is 0.103. The van der Waals surface area contributed by atoms with Crippen LogP contribution in [-0.4, -0.2) is 33.0 Å². The van der Waals surface area contributed by atoms with E-state index in [1.165, 1.54) is 7.05 Å². The minimum atomic E-state index is -0.521. The van der Waals surface area contributed by atoms with Crippen LogP contribution < -0.4 is 20.1 Å². The van der Waals surface area contributed by atoms with Gasteiger partial charge >= 0.3 is 6.09 Å². The van der Waals surface area contributed by atoms with Crippen molar-refractivity contribution in [2.75, 3.05) is 32.2 Å². The van der Waals surface area contributed by atoms with Gasteiger partial charge in [-0.1, -0.05) is 12.7 Å². The van der Waals surface area contributed by atoms with Crippen molar-refractivity contribution in [1.82, 2.24) is 5.32 Å². The fourth-order valence-electron chi connectivity index (χ4n) is 2.14. The van der Waals surface area contributed by atoms with Crippen LogP contribution in [0.4, 0.5) is 16.2 Å². The zero-order valence-electron chi connectivity index (χ0n) is 15.0. The molecule has 0 aliphatic heterocycles. The molecule has 7 heteroatoms. The molecule has 0 spiro atoms. The molecule has 0 unspecified atom stereocenters. The van der Waals surface area contributed by atoms with Gasteiger partial charge in [-0.3, -0.25) is 0 Å². The van der Waals surface area contributed by atoms with E-state index in [0.29, 0.717) is 23.6 Å². The summed E-state index contributed by atoms with van der Waals surface area (Å²) in [5.74, 6) is 1.24. The maximum atomic E-state index is 11.0. The number of amides is 1. The van der Waals surface area contributed by atoms with E-state index in [1.807, 2.05) is 24.3 Å². The highest BCUT2D eigenvalue weighted by molar-refractivity contribution is 5.66. The predicted molar refractivity (Wildman–Crippen MR) is 102 cm³/mol. The normalized spacial score (nSPS) is 9.63. The molecule has 2 N–H and O–H groups in total. The molecule has 7 nitrogen and oxygen atoms in total. The molecule has 0 saturated heterocycles. The summed E-state index contributed by atoms with van der Waals surface area (Å²) in [5, 5.41) is 14.8. The van der Waals surface area contributed by atoms with Crippen molar-refractivity contribution < 1.29 is 19.0 Å². The maximum absolute atomic E-state index is 11.0. The second-order valence-corrected chi connectivity index (χ2v) is 5.34. The van der Waals surface area contributed by atoms with Gasteiger partial charge in [0.25, 0.3) is 0 Å². The molecule has 140 valence electrons. The summed E-state index contributed by atoms with van der Waals surface area (Å²) in [4.78, 5) is 11.0. The SMILES string of the molecule is C=CCOc1ccc(Nc2cc(C#N)cc(OCCOC(=O)NC)c2)cc1. The molecule has 2 aromatic rings. The third-order valence-corrected chi connectivity index (χ3v) is 3.34. The van der Waals surface area contributed by atoms with Gasteiger partial charge < -0.3 is 24.8 Å². The first-order valence-electron chi connectivity index (χ1n) is 8.28. The third-order valence-electron chi connectivity index (χ3n) is 3.34. The van der Waals surface area contributed by atoms with Gasteiger partial charge in [-0.05, 0) is 36.4 Å². The number of carbonyl (C=O) groups is 1. The van der Waals surface area contributed by atoms with Crippen molar-refractivity contribution in [3.63, 3.8) is 0 Å². The molecule has 0 atom stereocenters. The molecule has 0 aliphatic carbocycles. The number of hydrogen-bond donors (Lipinski definition) is 2. The van der Waals surface area contributed by atoms with Crippen molar-refractivity contribution in [2.24, 2.45) is 0 Å². The van der Waals surface area contributed by atoms with Crippen LogP contribution in [0.1, 0.15) is 5.56 Å². The zero-order valence-corrected chi connectivity index (χ0v) is 15.0. The summed E-state index contributed by atoms with van der Waals surface area (Å²) in [6, 6.07) is 14.6. The molecule has 1 amide bonds. The topological polar surface area (TPSA) is 92.6 Å². The molecule has 27 heavy (non-hydrogen) atoms. The van der Waals surface area contributed by atoms with E-state index in [1.54, 1.807) is 24.3 Å². The number of ether oxygens (including phenoxy) is 3. The van der Waals surface area contributed by atoms with Crippen molar-refractivity contribution in [3.8, 4) is 17.6 Å². The molecule has 0 aromatic heterocycles. The Morgan fingerprint density at radius 3 is 2.56 bits per heavy atom. The summed E-state index contributed by atoms with van der Waals surface area (Å²) < 4.78 is 15.9. The Morgan fingerprint density at radius 2 is 1.89 bits per heavy atom. The van der Waals surface area contributed by atoms with E-state index in [-0.39, 0.29) is 13.2 Å². The number of anilines is 2. The number of benzene rings is 2. The van der Waals surface area contributed by atoms with E-state index in [4.69, 9.17) is 14.2 Å². The Kier molecular flexibility index (Phi) is 7.54. The van der Waals surface area contributed by atoms with Gasteiger partial charge in [0.1, 0.15) is 31.3 Å². The summed E-state index contributed by atoms with van der Waals surface area (Å²) in [6.07, 6.45) is 1.16. The molecule has 0 aliphatic rings. The lowest BCUT2D eigenvalue weighted by atomic mass is 10.2. The number of alkyl carbamates (subject to hydrolysis) is 1. The number of nitrogens with zero attached hydrogens (tertiary/aromatic N) is 1. The van der Waals surface area contributed by atoms with Gasteiger partial charge in [0.2, 0.25) is 0 Å². The van der Waals surface area contributed by atoms with Crippen LogP contribution in [0.5, 0.6) is 11.5 Å². The van der Waals surface area contributed by atoms with Gasteiger partial charge in [-0.25, -0.2) is 4.79 Å². The third kappa shape index (κ3) is 6.63. The van der Waals surface area contributed by atoms with Crippen LogP contribution in [0.2, 0.25) is 0 Å². The molecule has 0 fully saturated rings. The molecule has 0 radical (unpaired) electrons. The predicted octanol–water partition coefficient (Wildman–Crippen LogP) is 3.60. The van der Waals surface area contributed by atoms with Gasteiger partial charge in [0.05, 0.1) is 11.6 Å². The molecular weight excluding hydrogens is 346 g/mol. The second kappa shape index (κ2) is 10.4. The van der Waals surface area contributed by atoms with Gasteiger partial charge in [-0.2, -0.15) is 5.26 Å². The highest BCUT2D eigenvalue weighted by Gasteiger charge is 2.04. The summed E-state index contributed by atoms with van der Waals surface area (Å²) >= 11 is 0. The average molecular weight is 367 g/mol. The standard InChI is InChI=1S/C20H21N3O4/c1-3-8-25-18-6-4-16(5-7-18)23-17-11-15(14-21)12-19(13-17)26-9-10-27-20(24)22-2/h3-7,11-13,23H,1,8-10H2,2H3,(H,22,24). The Balaban J connectivity index is 2.00. The smallest absolute Gasteiger partial charge is 0.406 e. The van der Waals surface area contributed by atoms with Gasteiger partial charge in [-0.15, -0.1) is 0 Å². The van der Waals surface area contributed by atoms with E-state index < -0.39 is 6.09 Å². The largest absolute Gasteiger partial charge is 0.490 e. The van der Waals surface area contributed by atoms with E-state index in [9.17, 15) is 10.1 Å². The molecular formula is C20H21N3O4. The van der Waals surface area contributed by atoms with Crippen LogP contribution in [0.25, 0.3) is 0 Å². The first kappa shape index (κ1) is 19.7. The quantitative estimate of drug-likeness (QED) is 0.520. The number of carbonyl (C=O) groups excluding carboxylic acids is 1. The van der Waals surface area contributed by atoms with E-state index in [0.717, 1.165) is 11.4 Å².